The second-order valence-electron chi connectivity index (χ2n) is 20.2. The molecule has 0 bridgehead atoms. The van der Waals surface area contributed by atoms with Crippen molar-refractivity contribution in [3.05, 3.63) is 18.2 Å². The summed E-state index contributed by atoms with van der Waals surface area (Å²) in [5.74, 6) is -10.7. The minimum atomic E-state index is -1.27. The van der Waals surface area contributed by atoms with Crippen molar-refractivity contribution in [1.29, 1.82) is 0 Å². The third-order valence-corrected chi connectivity index (χ3v) is 11.5. The average molecular weight is 1260 g/mol. The Bertz CT molecular complexity index is 2160. The summed E-state index contributed by atoms with van der Waals surface area (Å²) in [5, 5.41) is 61.1. The molecule has 2 rings (SSSR count). The molecule has 1 amide bonds. The second-order valence-corrected chi connectivity index (χ2v) is 20.2. The van der Waals surface area contributed by atoms with Crippen molar-refractivity contribution in [3.8, 4) is 0 Å². The number of carbonyl (C=O) groups excluding carboxylic acids is 5. The van der Waals surface area contributed by atoms with Crippen LogP contribution in [0.5, 0.6) is 0 Å². The molecule has 0 aromatic carbocycles. The van der Waals surface area contributed by atoms with Crippen LogP contribution >= 0.6 is 0 Å². The predicted octanol–water partition coefficient (Wildman–Crippen LogP) is -4.37. The van der Waals surface area contributed by atoms with Gasteiger partial charge in [0, 0.05) is 25.5 Å². The summed E-state index contributed by atoms with van der Waals surface area (Å²) in [6.45, 7) is 13.5. The molecule has 1 fully saturated rings. The molecule has 1 aromatic heterocycles. The van der Waals surface area contributed by atoms with Crippen molar-refractivity contribution in [1.82, 2.24) is 15.3 Å². The van der Waals surface area contributed by atoms with Crippen molar-refractivity contribution in [2.75, 3.05) is 19.7 Å². The molecule has 0 radical (unpaired) electrons. The molecule has 12 atom stereocenters. The molecule has 1 aromatic rings. The van der Waals surface area contributed by atoms with Crippen LogP contribution in [-0.2, 0) is 78.2 Å². The number of hydrogen-bond donors (Lipinski definition) is 20. The van der Waals surface area contributed by atoms with E-state index in [9.17, 15) is 57.5 Å². The van der Waals surface area contributed by atoms with E-state index in [1.165, 1.54) is 13.3 Å². The Hall–Kier alpha value is -7.39. The molecule has 1 aliphatic rings. The summed E-state index contributed by atoms with van der Waals surface area (Å²) in [6.07, 6.45) is 7.56. The number of nitrogens with one attached hydrogen (secondary N) is 2. The monoisotopic (exact) mass is 1260 g/mol. The van der Waals surface area contributed by atoms with E-state index in [1.54, 1.807) is 20.0 Å². The van der Waals surface area contributed by atoms with Crippen LogP contribution in [0, 0.1) is 17.8 Å². The SMILES string of the molecule is CC(C)C[C@H](N)C(=O)O.CC[C@H](C)[C@H](N)C(=O)OC[C@H](N)C(=O)OC(=O)[C@@H](N)C(C)C.C[C@@H](OC(=O)[C@@H]1CCCN1)[C@H](N)C(=O)O.NC(=O)CC[C@H](N)C(=O)O.NCCCC[C@H](N)C(=O)O.N[C@@H](CCC(=O)O)C(=O)O.N[C@@H](Cc1c[nH]cn1)C(=O)O. The number of hydrogen-bond acceptors (Lipinski definition) is 27. The number of amides is 1. The highest BCUT2D eigenvalue weighted by Crippen LogP contribution is 2.10. The number of carboxylic acids is 7. The second kappa shape index (κ2) is 50.7. The van der Waals surface area contributed by atoms with Crippen LogP contribution in [0.25, 0.3) is 0 Å². The Morgan fingerprint density at radius 1 is 0.609 bits per heavy atom. The Kier molecular flexibility index (Phi) is 51.5. The molecule has 31 N–H and O–H groups in total. The molecule has 504 valence electrons. The van der Waals surface area contributed by atoms with Gasteiger partial charge < -0.3 is 123 Å². The van der Waals surface area contributed by atoms with E-state index in [1.807, 2.05) is 27.7 Å². The summed E-state index contributed by atoms with van der Waals surface area (Å²) in [5.41, 5.74) is 58.4. The van der Waals surface area contributed by atoms with E-state index >= 15 is 0 Å². The van der Waals surface area contributed by atoms with Crippen LogP contribution in [-0.4, -0.2) is 204 Å². The van der Waals surface area contributed by atoms with Gasteiger partial charge in [-0.2, -0.15) is 0 Å². The lowest BCUT2D eigenvalue weighted by Crippen LogP contribution is -2.45. The normalized spacial score (nSPS) is 15.8. The molecule has 0 spiro atoms. The molecular formula is C51H98N14O22. The van der Waals surface area contributed by atoms with Crippen LogP contribution in [0.3, 0.4) is 0 Å². The quantitative estimate of drug-likeness (QED) is 0.0145. The number of aromatic amines is 1. The van der Waals surface area contributed by atoms with Gasteiger partial charge in [0.15, 0.2) is 0 Å². The number of imidazole rings is 1. The Morgan fingerprint density at radius 3 is 1.47 bits per heavy atom. The maximum atomic E-state index is 11.6. The van der Waals surface area contributed by atoms with E-state index in [2.05, 4.69) is 20.0 Å². The van der Waals surface area contributed by atoms with E-state index in [0.29, 0.717) is 37.4 Å². The van der Waals surface area contributed by atoms with Gasteiger partial charge in [-0.05, 0) is 82.7 Å². The highest BCUT2D eigenvalue weighted by molar-refractivity contribution is 5.91. The Morgan fingerprint density at radius 2 is 1.10 bits per heavy atom. The maximum Gasteiger partial charge on any atom is 0.334 e. The minimum absolute atomic E-state index is 0.0213. The van der Waals surface area contributed by atoms with Gasteiger partial charge in [0.25, 0.3) is 0 Å². The molecule has 0 aliphatic carbocycles. The van der Waals surface area contributed by atoms with Crippen molar-refractivity contribution in [2.45, 2.75) is 192 Å². The molecule has 36 heteroatoms. The zero-order chi connectivity index (χ0) is 68.9. The van der Waals surface area contributed by atoms with Crippen molar-refractivity contribution in [3.63, 3.8) is 0 Å². The number of nitrogens with zero attached hydrogens (tertiary/aromatic N) is 1. The number of rotatable bonds is 31. The summed E-state index contributed by atoms with van der Waals surface area (Å²) in [7, 11) is 0. The number of nitrogens with two attached hydrogens (primary N) is 11. The first-order valence-corrected chi connectivity index (χ1v) is 27.3. The zero-order valence-electron chi connectivity index (χ0n) is 50.4. The number of unbranched alkanes of at least 4 members (excludes halogenated alkanes) is 1. The Labute approximate surface area is 504 Å². The fourth-order valence-corrected chi connectivity index (χ4v) is 5.54. The highest BCUT2D eigenvalue weighted by Gasteiger charge is 2.30. The summed E-state index contributed by atoms with van der Waals surface area (Å²) >= 11 is 0. The number of esters is 4. The van der Waals surface area contributed by atoms with Crippen molar-refractivity contribution in [2.24, 2.45) is 80.8 Å². The van der Waals surface area contributed by atoms with Gasteiger partial charge in [-0.3, -0.25) is 47.9 Å². The number of ether oxygens (including phenoxy) is 3. The lowest BCUT2D eigenvalue weighted by atomic mass is 10.0. The van der Waals surface area contributed by atoms with Gasteiger partial charge in [0.2, 0.25) is 5.91 Å². The lowest BCUT2D eigenvalue weighted by Gasteiger charge is -2.19. The lowest BCUT2D eigenvalue weighted by molar-refractivity contribution is -0.164. The van der Waals surface area contributed by atoms with Gasteiger partial charge >= 0.3 is 65.7 Å². The summed E-state index contributed by atoms with van der Waals surface area (Å²) < 4.78 is 14.4. The van der Waals surface area contributed by atoms with Gasteiger partial charge in [0.05, 0.1) is 12.0 Å². The fraction of sp³-hybridized carbons (Fsp3) is 0.706. The van der Waals surface area contributed by atoms with Crippen LogP contribution in [0.4, 0.5) is 0 Å². The molecule has 2 heterocycles. The molecule has 1 aliphatic heterocycles. The van der Waals surface area contributed by atoms with Gasteiger partial charge in [-0.15, -0.1) is 0 Å². The van der Waals surface area contributed by atoms with Gasteiger partial charge in [-0.1, -0.05) is 54.4 Å². The summed E-state index contributed by atoms with van der Waals surface area (Å²) in [4.78, 5) is 134. The molecule has 0 unspecified atom stereocenters. The molecule has 87 heavy (non-hydrogen) atoms. The third-order valence-electron chi connectivity index (χ3n) is 11.5. The third kappa shape index (κ3) is 49.4. The van der Waals surface area contributed by atoms with Crippen molar-refractivity contribution >= 4 is 71.6 Å². The number of aromatic nitrogens is 2. The van der Waals surface area contributed by atoms with Crippen LogP contribution < -0.4 is 68.4 Å². The topological polar surface area (TPSA) is 701 Å². The fourth-order valence-electron chi connectivity index (χ4n) is 5.54. The van der Waals surface area contributed by atoms with E-state index in [-0.39, 0.29) is 50.0 Å². The first kappa shape index (κ1) is 88.4. The summed E-state index contributed by atoms with van der Waals surface area (Å²) in [6, 6.07) is -8.76. The molecule has 0 saturated carbocycles. The number of carboxylic acid groups (broad SMARTS) is 7. The highest BCUT2D eigenvalue weighted by atomic mass is 16.6. The number of aliphatic carboxylic acids is 7. The number of primary amides is 1. The van der Waals surface area contributed by atoms with Gasteiger partial charge in [0.1, 0.15) is 73.1 Å². The first-order chi connectivity index (χ1) is 40.1. The molecule has 1 saturated heterocycles. The number of carbonyl (C=O) groups is 12. The predicted molar refractivity (Wildman–Crippen MR) is 310 cm³/mol. The maximum absolute atomic E-state index is 11.6. The first-order valence-electron chi connectivity index (χ1n) is 27.3. The minimum Gasteiger partial charge on any atom is -0.481 e. The van der Waals surface area contributed by atoms with Gasteiger partial charge in [-0.25, -0.2) is 14.6 Å². The van der Waals surface area contributed by atoms with E-state index < -0.39 is 139 Å². The van der Waals surface area contributed by atoms with Crippen molar-refractivity contribution < 1.29 is 107 Å². The van der Waals surface area contributed by atoms with Crippen LogP contribution in [0.2, 0.25) is 0 Å². The molecule has 36 nitrogen and oxygen atoms in total. The Balaban J connectivity index is -0.000000309. The molecular weight excluding hydrogens is 1160 g/mol. The standard InChI is InChI=1S/C14H27N3O5.C9H16N2O4.C6H9N3O2.C6H14N2O2.C6H13NO2.C5H10N2O3.C5H9NO4/c1-5-8(4)11(17)13(19)21-6-9(15)12(18)22-14(20)10(16)7(2)3;1-5(7(10)8(12)13)15-9(14)6-3-2-4-11-6;7-5(6(10)11)1-4-2-8-3-9-4;7-4-2-1-3-5(8)6(9)10;1-4(2)3-5(7)6(8)9;2*6-3(5(9)10)1-2-4(7)8/h7-11H,5-6,15-17H2,1-4H3;5-7,11H,2-4,10H2,1H3,(H,12,13);2-3,5H,1,7H2,(H,8,9)(H,10,11);5H,1-4,7-8H2,(H,9,10);4-5H,3,7H2,1-2H3,(H,8,9);3H,1-2,6H2,(H2,7,8)(H,9,10);3H,1-2,6H2,(H,7,8)(H,9,10)/t8-,9-,10-,11-;5-,6+,7+;3*5-;2*3-/m0100000/s1. The van der Waals surface area contributed by atoms with E-state index in [4.69, 9.17) is 108 Å². The largest absolute Gasteiger partial charge is 0.481 e. The van der Waals surface area contributed by atoms with Crippen LogP contribution in [0.15, 0.2) is 12.5 Å². The average Bonchev–Trinajstić information content (AvgIpc) is 4.30. The zero-order valence-corrected chi connectivity index (χ0v) is 50.4. The van der Waals surface area contributed by atoms with E-state index in [0.717, 1.165) is 32.2 Å². The van der Waals surface area contributed by atoms with Crippen LogP contribution in [0.1, 0.15) is 125 Å². The number of H-pyrrole nitrogens is 1. The smallest absolute Gasteiger partial charge is 0.334 e.